The van der Waals surface area contributed by atoms with Gasteiger partial charge in [0.05, 0.1) is 17.7 Å². The summed E-state index contributed by atoms with van der Waals surface area (Å²) in [6, 6.07) is 3.98. The number of hydrogen-bond donors (Lipinski definition) is 1. The Labute approximate surface area is 95.0 Å². The van der Waals surface area contributed by atoms with Crippen molar-refractivity contribution in [1.82, 2.24) is 0 Å². The SMILES string of the molecule is CC(C#N)CNc1c(F)cc(F)cc1Br. The van der Waals surface area contributed by atoms with E-state index in [9.17, 15) is 8.78 Å². The molecule has 1 unspecified atom stereocenters. The number of anilines is 1. The normalized spacial score (nSPS) is 11.9. The van der Waals surface area contributed by atoms with Crippen LogP contribution in [0, 0.1) is 28.9 Å². The van der Waals surface area contributed by atoms with Crippen LogP contribution in [-0.4, -0.2) is 6.54 Å². The lowest BCUT2D eigenvalue weighted by atomic mass is 10.2. The summed E-state index contributed by atoms with van der Waals surface area (Å²) in [5.74, 6) is -1.55. The first-order valence-electron chi connectivity index (χ1n) is 4.32. The highest BCUT2D eigenvalue weighted by molar-refractivity contribution is 9.10. The van der Waals surface area contributed by atoms with Gasteiger partial charge in [-0.25, -0.2) is 8.78 Å². The molecule has 0 bridgehead atoms. The maximum absolute atomic E-state index is 13.3. The number of hydrogen-bond acceptors (Lipinski definition) is 2. The van der Waals surface area contributed by atoms with Gasteiger partial charge in [0.15, 0.2) is 0 Å². The number of benzene rings is 1. The largest absolute Gasteiger partial charge is 0.380 e. The monoisotopic (exact) mass is 274 g/mol. The van der Waals surface area contributed by atoms with E-state index >= 15 is 0 Å². The molecule has 0 saturated carbocycles. The Balaban J connectivity index is 2.82. The highest BCUT2D eigenvalue weighted by atomic mass is 79.9. The molecule has 0 saturated heterocycles. The van der Waals surface area contributed by atoms with Gasteiger partial charge in [-0.05, 0) is 28.9 Å². The number of halogens is 3. The first-order valence-corrected chi connectivity index (χ1v) is 5.12. The van der Waals surface area contributed by atoms with Crippen LogP contribution in [-0.2, 0) is 0 Å². The summed E-state index contributed by atoms with van der Waals surface area (Å²) in [7, 11) is 0. The molecule has 1 aromatic rings. The highest BCUT2D eigenvalue weighted by Gasteiger charge is 2.10. The van der Waals surface area contributed by atoms with Crippen LogP contribution in [0.15, 0.2) is 16.6 Å². The molecule has 5 heteroatoms. The van der Waals surface area contributed by atoms with Crippen LogP contribution in [0.5, 0.6) is 0 Å². The number of nitrogens with zero attached hydrogens (tertiary/aromatic N) is 1. The minimum absolute atomic E-state index is 0.179. The molecule has 1 atom stereocenters. The minimum atomic E-state index is -0.674. The van der Waals surface area contributed by atoms with Crippen LogP contribution < -0.4 is 5.32 Å². The number of rotatable bonds is 3. The van der Waals surface area contributed by atoms with Crippen molar-refractivity contribution in [2.75, 3.05) is 11.9 Å². The van der Waals surface area contributed by atoms with Crippen molar-refractivity contribution in [3.8, 4) is 6.07 Å². The van der Waals surface area contributed by atoms with Crippen molar-refractivity contribution in [2.24, 2.45) is 5.92 Å². The van der Waals surface area contributed by atoms with Crippen molar-refractivity contribution in [2.45, 2.75) is 6.92 Å². The second-order valence-electron chi connectivity index (χ2n) is 3.16. The highest BCUT2D eigenvalue weighted by Crippen LogP contribution is 2.26. The lowest BCUT2D eigenvalue weighted by molar-refractivity contribution is 0.583. The number of nitriles is 1. The van der Waals surface area contributed by atoms with Gasteiger partial charge >= 0.3 is 0 Å². The Bertz CT molecular complexity index is 378. The molecule has 0 aliphatic carbocycles. The molecule has 1 rings (SSSR count). The Kier molecular flexibility index (Phi) is 4.04. The molecule has 0 aromatic heterocycles. The number of nitrogens with one attached hydrogen (secondary N) is 1. The van der Waals surface area contributed by atoms with Gasteiger partial charge in [0.25, 0.3) is 0 Å². The molecule has 0 aliphatic rings. The van der Waals surface area contributed by atoms with Crippen molar-refractivity contribution in [3.05, 3.63) is 28.2 Å². The predicted octanol–water partition coefficient (Wildman–Crippen LogP) is 3.30. The molecule has 0 aliphatic heterocycles. The van der Waals surface area contributed by atoms with Gasteiger partial charge in [-0.15, -0.1) is 0 Å². The van der Waals surface area contributed by atoms with Crippen molar-refractivity contribution in [3.63, 3.8) is 0 Å². The summed E-state index contributed by atoms with van der Waals surface area (Å²) in [4.78, 5) is 0. The summed E-state index contributed by atoms with van der Waals surface area (Å²) in [6.45, 7) is 2.03. The van der Waals surface area contributed by atoms with E-state index in [-0.39, 0.29) is 11.6 Å². The summed E-state index contributed by atoms with van der Waals surface area (Å²) in [5, 5.41) is 11.3. The predicted molar refractivity (Wildman–Crippen MR) is 57.3 cm³/mol. The molecule has 0 heterocycles. The molecule has 15 heavy (non-hydrogen) atoms. The first-order chi connectivity index (χ1) is 7.04. The van der Waals surface area contributed by atoms with Crippen molar-refractivity contribution < 1.29 is 8.78 Å². The maximum Gasteiger partial charge on any atom is 0.150 e. The summed E-state index contributed by atoms with van der Waals surface area (Å²) in [6.07, 6.45) is 0. The Hall–Kier alpha value is -1.15. The molecule has 1 aromatic carbocycles. The zero-order valence-electron chi connectivity index (χ0n) is 8.02. The van der Waals surface area contributed by atoms with E-state index in [2.05, 4.69) is 21.2 Å². The first kappa shape index (κ1) is 11.9. The lowest BCUT2D eigenvalue weighted by Gasteiger charge is -2.10. The van der Waals surface area contributed by atoms with Gasteiger partial charge in [-0.1, -0.05) is 0 Å². The van der Waals surface area contributed by atoms with Gasteiger partial charge in [-0.3, -0.25) is 0 Å². The average molecular weight is 275 g/mol. The summed E-state index contributed by atoms with van der Waals surface area (Å²) in [5.41, 5.74) is 0.179. The fourth-order valence-electron chi connectivity index (χ4n) is 1.01. The van der Waals surface area contributed by atoms with E-state index in [0.29, 0.717) is 11.0 Å². The molecule has 0 fully saturated rings. The average Bonchev–Trinajstić information content (AvgIpc) is 2.15. The van der Waals surface area contributed by atoms with Crippen LogP contribution in [0.25, 0.3) is 0 Å². The second kappa shape index (κ2) is 5.08. The fourth-order valence-corrected chi connectivity index (χ4v) is 1.56. The minimum Gasteiger partial charge on any atom is -0.380 e. The summed E-state index contributed by atoms with van der Waals surface area (Å²) >= 11 is 3.04. The Morgan fingerprint density at radius 3 is 2.73 bits per heavy atom. The van der Waals surface area contributed by atoms with Crippen LogP contribution >= 0.6 is 15.9 Å². The third kappa shape index (κ3) is 3.17. The van der Waals surface area contributed by atoms with Gasteiger partial charge in [0, 0.05) is 17.1 Å². The molecular weight excluding hydrogens is 266 g/mol. The van der Waals surface area contributed by atoms with E-state index in [1.54, 1.807) is 6.92 Å². The second-order valence-corrected chi connectivity index (χ2v) is 4.01. The molecule has 2 nitrogen and oxygen atoms in total. The van der Waals surface area contributed by atoms with Crippen LogP contribution in [0.1, 0.15) is 6.92 Å². The van der Waals surface area contributed by atoms with E-state index in [1.807, 2.05) is 6.07 Å². The molecular formula is C10H9BrF2N2. The zero-order valence-corrected chi connectivity index (χ0v) is 9.61. The van der Waals surface area contributed by atoms with Gasteiger partial charge in [0.2, 0.25) is 0 Å². The third-order valence-corrected chi connectivity index (χ3v) is 2.44. The van der Waals surface area contributed by atoms with Crippen LogP contribution in [0.4, 0.5) is 14.5 Å². The molecule has 0 spiro atoms. The van der Waals surface area contributed by atoms with Gasteiger partial charge in [0.1, 0.15) is 11.6 Å². The standard InChI is InChI=1S/C10H9BrF2N2/c1-6(4-14)5-15-10-8(11)2-7(12)3-9(10)13/h2-3,6,15H,5H2,1H3. The Morgan fingerprint density at radius 2 is 2.20 bits per heavy atom. The maximum atomic E-state index is 13.3. The van der Waals surface area contributed by atoms with Crippen molar-refractivity contribution in [1.29, 1.82) is 5.26 Å². The smallest absolute Gasteiger partial charge is 0.150 e. The van der Waals surface area contributed by atoms with E-state index < -0.39 is 11.6 Å². The third-order valence-electron chi connectivity index (χ3n) is 1.81. The van der Waals surface area contributed by atoms with E-state index in [0.717, 1.165) is 6.07 Å². The summed E-state index contributed by atoms with van der Waals surface area (Å²) < 4.78 is 26.3. The van der Waals surface area contributed by atoms with Gasteiger partial charge in [-0.2, -0.15) is 5.26 Å². The van der Waals surface area contributed by atoms with E-state index in [1.165, 1.54) is 6.07 Å². The molecule has 0 amide bonds. The van der Waals surface area contributed by atoms with Crippen molar-refractivity contribution >= 4 is 21.6 Å². The lowest BCUT2D eigenvalue weighted by Crippen LogP contribution is -2.11. The molecule has 0 radical (unpaired) electrons. The fraction of sp³-hybridized carbons (Fsp3) is 0.300. The van der Waals surface area contributed by atoms with Crippen LogP contribution in [0.2, 0.25) is 0 Å². The quantitative estimate of drug-likeness (QED) is 0.918. The molecule has 1 N–H and O–H groups in total. The van der Waals surface area contributed by atoms with E-state index in [4.69, 9.17) is 5.26 Å². The molecule has 80 valence electrons. The van der Waals surface area contributed by atoms with Gasteiger partial charge < -0.3 is 5.32 Å². The zero-order chi connectivity index (χ0) is 11.4. The van der Waals surface area contributed by atoms with Crippen LogP contribution in [0.3, 0.4) is 0 Å². The Morgan fingerprint density at radius 1 is 1.53 bits per heavy atom. The topological polar surface area (TPSA) is 35.8 Å².